The number of aliphatic imine (C=N–C) groups is 1. The lowest BCUT2D eigenvalue weighted by atomic mass is 9.88. The normalized spacial score (nSPS) is 20.9. The summed E-state index contributed by atoms with van der Waals surface area (Å²) in [5.74, 6) is 2.14. The van der Waals surface area contributed by atoms with Gasteiger partial charge in [0.25, 0.3) is 0 Å². The van der Waals surface area contributed by atoms with E-state index in [1.807, 2.05) is 29.2 Å². The van der Waals surface area contributed by atoms with Crippen LogP contribution in [0.25, 0.3) is 0 Å². The first kappa shape index (κ1) is 20.8. The molecule has 1 aromatic rings. The molecule has 6 nitrogen and oxygen atoms in total. The molecule has 3 rings (SSSR count). The Labute approximate surface area is 172 Å². The van der Waals surface area contributed by atoms with E-state index < -0.39 is 0 Å². The van der Waals surface area contributed by atoms with Crippen LogP contribution in [0.4, 0.5) is 0 Å². The van der Waals surface area contributed by atoms with E-state index in [1.54, 1.807) is 7.05 Å². The fraction of sp³-hybridized carbons (Fsp3) is 0.619. The number of rotatable bonds is 6. The Hall–Kier alpha value is -1.95. The highest BCUT2D eigenvalue weighted by atomic mass is 35.5. The summed E-state index contributed by atoms with van der Waals surface area (Å²) in [5.41, 5.74) is 0. The average Bonchev–Trinajstić information content (AvgIpc) is 3.20. The van der Waals surface area contributed by atoms with Crippen LogP contribution in [0.15, 0.2) is 29.3 Å². The number of likely N-dealkylation sites (tertiary alicyclic amines) is 1. The summed E-state index contributed by atoms with van der Waals surface area (Å²) in [5, 5.41) is 7.40. The molecule has 0 bridgehead atoms. The van der Waals surface area contributed by atoms with Gasteiger partial charge in [0.15, 0.2) is 5.96 Å². The zero-order valence-electron chi connectivity index (χ0n) is 16.6. The van der Waals surface area contributed by atoms with Crippen molar-refractivity contribution in [3.8, 4) is 5.75 Å². The smallest absolute Gasteiger partial charge is 0.225 e. The molecule has 1 amide bonds. The zero-order chi connectivity index (χ0) is 19.8. The molecule has 0 radical (unpaired) electrons. The molecule has 0 aromatic heterocycles. The molecule has 28 heavy (non-hydrogen) atoms. The van der Waals surface area contributed by atoms with Crippen molar-refractivity contribution in [2.45, 2.75) is 44.6 Å². The number of hydrogen-bond acceptors (Lipinski definition) is 3. The maximum absolute atomic E-state index is 12.7. The minimum atomic E-state index is 0.245. The van der Waals surface area contributed by atoms with Gasteiger partial charge in [0.1, 0.15) is 12.4 Å². The lowest BCUT2D eigenvalue weighted by Gasteiger charge is -2.26. The molecule has 1 aliphatic heterocycles. The molecular formula is C21H31ClN4O2. The Balaban J connectivity index is 1.36. The van der Waals surface area contributed by atoms with Gasteiger partial charge in [-0.2, -0.15) is 0 Å². The average molecular weight is 407 g/mol. The van der Waals surface area contributed by atoms with Crippen LogP contribution in [0.3, 0.4) is 0 Å². The first-order chi connectivity index (χ1) is 13.7. The first-order valence-corrected chi connectivity index (χ1v) is 10.7. The van der Waals surface area contributed by atoms with Crippen LogP contribution in [0.1, 0.15) is 38.5 Å². The van der Waals surface area contributed by atoms with Crippen LogP contribution >= 0.6 is 11.6 Å². The Morgan fingerprint density at radius 3 is 2.68 bits per heavy atom. The molecule has 154 valence electrons. The van der Waals surface area contributed by atoms with Crippen molar-refractivity contribution in [1.29, 1.82) is 0 Å². The van der Waals surface area contributed by atoms with Crippen molar-refractivity contribution in [2.75, 3.05) is 33.3 Å². The maximum Gasteiger partial charge on any atom is 0.225 e. The second kappa shape index (κ2) is 10.6. The Bertz CT molecular complexity index is 659. The monoisotopic (exact) mass is 406 g/mol. The SMILES string of the molecule is CN=C(NCCOc1ccc(Cl)cc1)NC1CCN(C(=O)C2CCCCC2)C1. The number of amides is 1. The Morgan fingerprint density at radius 2 is 1.96 bits per heavy atom. The third-order valence-electron chi connectivity index (χ3n) is 5.50. The quantitative estimate of drug-likeness (QED) is 0.433. The number of hydrogen-bond donors (Lipinski definition) is 2. The molecule has 0 spiro atoms. The van der Waals surface area contributed by atoms with Crippen molar-refractivity contribution < 1.29 is 9.53 Å². The van der Waals surface area contributed by atoms with E-state index >= 15 is 0 Å². The molecule has 1 atom stereocenters. The fourth-order valence-electron chi connectivity index (χ4n) is 3.94. The van der Waals surface area contributed by atoms with E-state index in [1.165, 1.54) is 19.3 Å². The summed E-state index contributed by atoms with van der Waals surface area (Å²) in [6, 6.07) is 7.57. The van der Waals surface area contributed by atoms with Gasteiger partial charge in [-0.1, -0.05) is 30.9 Å². The van der Waals surface area contributed by atoms with Gasteiger partial charge in [-0.3, -0.25) is 9.79 Å². The number of guanidine groups is 1. The van der Waals surface area contributed by atoms with E-state index in [2.05, 4.69) is 15.6 Å². The van der Waals surface area contributed by atoms with Crippen molar-refractivity contribution in [2.24, 2.45) is 10.9 Å². The van der Waals surface area contributed by atoms with E-state index in [0.717, 1.165) is 44.1 Å². The fourth-order valence-corrected chi connectivity index (χ4v) is 4.07. The minimum absolute atomic E-state index is 0.245. The summed E-state index contributed by atoms with van der Waals surface area (Å²) >= 11 is 5.87. The highest BCUT2D eigenvalue weighted by Gasteiger charge is 2.31. The van der Waals surface area contributed by atoms with Crippen molar-refractivity contribution in [3.05, 3.63) is 29.3 Å². The number of carbonyl (C=O) groups is 1. The minimum Gasteiger partial charge on any atom is -0.492 e. The number of carbonyl (C=O) groups excluding carboxylic acids is 1. The molecular weight excluding hydrogens is 376 g/mol. The Morgan fingerprint density at radius 1 is 1.21 bits per heavy atom. The number of benzene rings is 1. The molecule has 2 fully saturated rings. The summed E-state index contributed by atoms with van der Waals surface area (Å²) in [6.45, 7) is 2.76. The van der Waals surface area contributed by atoms with Crippen molar-refractivity contribution in [3.63, 3.8) is 0 Å². The van der Waals surface area contributed by atoms with Crippen molar-refractivity contribution >= 4 is 23.5 Å². The molecule has 1 heterocycles. The van der Waals surface area contributed by atoms with E-state index in [-0.39, 0.29) is 12.0 Å². The van der Waals surface area contributed by atoms with Gasteiger partial charge < -0.3 is 20.3 Å². The van der Waals surface area contributed by atoms with Gasteiger partial charge in [-0.05, 0) is 43.5 Å². The second-order valence-electron chi connectivity index (χ2n) is 7.55. The maximum atomic E-state index is 12.7. The summed E-state index contributed by atoms with van der Waals surface area (Å²) in [7, 11) is 1.76. The highest BCUT2D eigenvalue weighted by molar-refractivity contribution is 6.30. The molecule has 1 aliphatic carbocycles. The zero-order valence-corrected chi connectivity index (χ0v) is 17.4. The van der Waals surface area contributed by atoms with Gasteiger partial charge in [0, 0.05) is 37.1 Å². The third kappa shape index (κ3) is 6.03. The van der Waals surface area contributed by atoms with E-state index in [0.29, 0.717) is 24.1 Å². The van der Waals surface area contributed by atoms with Crippen LogP contribution in [0.2, 0.25) is 5.02 Å². The highest BCUT2D eigenvalue weighted by Crippen LogP contribution is 2.26. The predicted octanol–water partition coefficient (Wildman–Crippen LogP) is 3.07. The predicted molar refractivity (Wildman–Crippen MR) is 113 cm³/mol. The van der Waals surface area contributed by atoms with Crippen LogP contribution in [0, 0.1) is 5.92 Å². The third-order valence-corrected chi connectivity index (χ3v) is 5.75. The van der Waals surface area contributed by atoms with Crippen LogP contribution in [0.5, 0.6) is 5.75 Å². The lowest BCUT2D eigenvalue weighted by Crippen LogP contribution is -2.46. The van der Waals surface area contributed by atoms with Gasteiger partial charge in [0.2, 0.25) is 5.91 Å². The Kier molecular flexibility index (Phi) is 7.83. The van der Waals surface area contributed by atoms with Crippen LogP contribution in [-0.4, -0.2) is 56.1 Å². The molecule has 1 aromatic carbocycles. The van der Waals surface area contributed by atoms with E-state index in [9.17, 15) is 4.79 Å². The molecule has 1 saturated heterocycles. The topological polar surface area (TPSA) is 66.0 Å². The molecule has 1 saturated carbocycles. The van der Waals surface area contributed by atoms with Crippen LogP contribution in [-0.2, 0) is 4.79 Å². The lowest BCUT2D eigenvalue weighted by molar-refractivity contribution is -0.135. The molecule has 2 N–H and O–H groups in total. The first-order valence-electron chi connectivity index (χ1n) is 10.3. The summed E-state index contributed by atoms with van der Waals surface area (Å²) in [4.78, 5) is 19.0. The van der Waals surface area contributed by atoms with Gasteiger partial charge >= 0.3 is 0 Å². The van der Waals surface area contributed by atoms with Crippen LogP contribution < -0.4 is 15.4 Å². The number of halogens is 1. The second-order valence-corrected chi connectivity index (χ2v) is 7.99. The number of nitrogens with zero attached hydrogens (tertiary/aromatic N) is 2. The van der Waals surface area contributed by atoms with Gasteiger partial charge in [-0.25, -0.2) is 0 Å². The molecule has 7 heteroatoms. The standard InChI is InChI=1S/C21H31ClN4O2/c1-23-21(24-12-14-28-19-9-7-17(22)8-10-19)25-18-11-13-26(15-18)20(27)16-5-3-2-4-6-16/h7-10,16,18H,2-6,11-15H2,1H3,(H2,23,24,25). The largest absolute Gasteiger partial charge is 0.492 e. The molecule has 1 unspecified atom stereocenters. The summed E-state index contributed by atoms with van der Waals surface area (Å²) in [6.07, 6.45) is 6.74. The molecule has 2 aliphatic rings. The summed E-state index contributed by atoms with van der Waals surface area (Å²) < 4.78 is 5.68. The van der Waals surface area contributed by atoms with Gasteiger partial charge in [0.05, 0.1) is 6.54 Å². The van der Waals surface area contributed by atoms with Crippen molar-refractivity contribution in [1.82, 2.24) is 15.5 Å². The van der Waals surface area contributed by atoms with Gasteiger partial charge in [-0.15, -0.1) is 0 Å². The van der Waals surface area contributed by atoms with E-state index in [4.69, 9.17) is 16.3 Å². The number of nitrogens with one attached hydrogen (secondary N) is 2. The number of ether oxygens (including phenoxy) is 1.